The molecule has 0 unspecified atom stereocenters. The number of carbonyl (C=O) groups excluding carboxylic acids is 2. The molecule has 4 nitrogen and oxygen atoms in total. The predicted molar refractivity (Wildman–Crippen MR) is 125 cm³/mol. The van der Waals surface area contributed by atoms with Crippen LogP contribution >= 0.6 is 0 Å². The smallest absolute Gasteiger partial charge is 0.258 e. The lowest BCUT2D eigenvalue weighted by Crippen LogP contribution is -2.49. The first-order valence-electron chi connectivity index (χ1n) is 10.9. The van der Waals surface area contributed by atoms with Crippen LogP contribution < -0.4 is 9.80 Å². The van der Waals surface area contributed by atoms with Crippen LogP contribution in [0, 0.1) is 11.7 Å². The van der Waals surface area contributed by atoms with Crippen molar-refractivity contribution in [3.05, 3.63) is 95.8 Å². The molecule has 0 saturated carbocycles. The van der Waals surface area contributed by atoms with Crippen LogP contribution in [-0.2, 0) is 4.79 Å². The molecule has 0 N–H and O–H groups in total. The fraction of sp³-hybridized carbons (Fsp3) is 0.259. The first-order valence-corrected chi connectivity index (χ1v) is 10.9. The standard InChI is InChI=1S/C27H27FN2O2/c1-18(2)26(31)29-19(3)17-25(23-11-7-8-12-24(23)29)30(22-15-13-21(28)14-16-22)27(32)20-9-5-4-6-10-20/h4-16,18-19,25H,17H2,1-3H3/t19-,25-/m0/s1. The van der Waals surface area contributed by atoms with Gasteiger partial charge in [0.2, 0.25) is 5.91 Å². The summed E-state index contributed by atoms with van der Waals surface area (Å²) in [7, 11) is 0. The number of rotatable bonds is 4. The molecule has 2 atom stereocenters. The van der Waals surface area contributed by atoms with Gasteiger partial charge in [-0.1, -0.05) is 50.2 Å². The molecule has 1 aliphatic rings. The lowest BCUT2D eigenvalue weighted by Gasteiger charge is -2.44. The van der Waals surface area contributed by atoms with Crippen molar-refractivity contribution in [2.75, 3.05) is 9.80 Å². The van der Waals surface area contributed by atoms with E-state index in [1.54, 1.807) is 29.2 Å². The molecular weight excluding hydrogens is 403 g/mol. The molecule has 3 aromatic rings. The van der Waals surface area contributed by atoms with E-state index in [4.69, 9.17) is 0 Å². The van der Waals surface area contributed by atoms with E-state index < -0.39 is 0 Å². The molecule has 0 fully saturated rings. The van der Waals surface area contributed by atoms with Gasteiger partial charge in [-0.05, 0) is 61.4 Å². The number of anilines is 2. The van der Waals surface area contributed by atoms with Crippen LogP contribution in [0.4, 0.5) is 15.8 Å². The Morgan fingerprint density at radius 1 is 0.938 bits per heavy atom. The summed E-state index contributed by atoms with van der Waals surface area (Å²) in [6.45, 7) is 5.81. The highest BCUT2D eigenvalue weighted by atomic mass is 19.1. The first kappa shape index (κ1) is 21.8. The second-order valence-electron chi connectivity index (χ2n) is 8.54. The van der Waals surface area contributed by atoms with Crippen molar-refractivity contribution in [3.8, 4) is 0 Å². The van der Waals surface area contributed by atoms with Crippen molar-refractivity contribution < 1.29 is 14.0 Å². The van der Waals surface area contributed by atoms with Crippen molar-refractivity contribution in [1.82, 2.24) is 0 Å². The molecule has 32 heavy (non-hydrogen) atoms. The van der Waals surface area contributed by atoms with E-state index in [1.165, 1.54) is 12.1 Å². The van der Waals surface area contributed by atoms with E-state index >= 15 is 0 Å². The van der Waals surface area contributed by atoms with Crippen molar-refractivity contribution >= 4 is 23.2 Å². The molecule has 0 aliphatic carbocycles. The average molecular weight is 431 g/mol. The van der Waals surface area contributed by atoms with E-state index in [1.807, 2.05) is 68.1 Å². The number of amides is 2. The van der Waals surface area contributed by atoms with E-state index in [0.29, 0.717) is 17.7 Å². The van der Waals surface area contributed by atoms with Gasteiger partial charge in [0.15, 0.2) is 0 Å². The number of benzene rings is 3. The normalized spacial score (nSPS) is 17.7. The number of hydrogen-bond donors (Lipinski definition) is 0. The fourth-order valence-electron chi connectivity index (χ4n) is 4.40. The van der Waals surface area contributed by atoms with Crippen molar-refractivity contribution in [2.45, 2.75) is 39.3 Å². The van der Waals surface area contributed by atoms with E-state index in [-0.39, 0.29) is 35.6 Å². The molecule has 1 heterocycles. The number of halogens is 1. The Morgan fingerprint density at radius 2 is 1.56 bits per heavy atom. The minimum Gasteiger partial charge on any atom is -0.309 e. The molecule has 0 saturated heterocycles. The zero-order valence-electron chi connectivity index (χ0n) is 18.5. The van der Waals surface area contributed by atoms with Crippen LogP contribution in [0.25, 0.3) is 0 Å². The highest BCUT2D eigenvalue weighted by molar-refractivity contribution is 6.07. The van der Waals surface area contributed by atoms with Crippen molar-refractivity contribution in [1.29, 1.82) is 0 Å². The van der Waals surface area contributed by atoms with Crippen LogP contribution in [0.3, 0.4) is 0 Å². The van der Waals surface area contributed by atoms with Gasteiger partial charge >= 0.3 is 0 Å². The Balaban J connectivity index is 1.85. The zero-order valence-corrected chi connectivity index (χ0v) is 18.5. The Hall–Kier alpha value is -3.47. The van der Waals surface area contributed by atoms with Gasteiger partial charge in [-0.25, -0.2) is 4.39 Å². The van der Waals surface area contributed by atoms with E-state index in [2.05, 4.69) is 0 Å². The predicted octanol–water partition coefficient (Wildman–Crippen LogP) is 6.00. The van der Waals surface area contributed by atoms with Crippen molar-refractivity contribution in [2.24, 2.45) is 5.92 Å². The summed E-state index contributed by atoms with van der Waals surface area (Å²) in [4.78, 5) is 30.3. The maximum Gasteiger partial charge on any atom is 0.258 e. The van der Waals surface area contributed by atoms with Gasteiger partial charge in [-0.3, -0.25) is 9.59 Å². The maximum absolute atomic E-state index is 13.7. The Bertz CT molecular complexity index is 1110. The van der Waals surface area contributed by atoms with Crippen LogP contribution in [0.2, 0.25) is 0 Å². The minimum atomic E-state index is -0.355. The monoisotopic (exact) mass is 430 g/mol. The fourth-order valence-corrected chi connectivity index (χ4v) is 4.40. The van der Waals surface area contributed by atoms with Crippen LogP contribution in [0.15, 0.2) is 78.9 Å². The van der Waals surface area contributed by atoms with Crippen LogP contribution in [0.1, 0.15) is 49.2 Å². The van der Waals surface area contributed by atoms with Crippen molar-refractivity contribution in [3.63, 3.8) is 0 Å². The third-order valence-electron chi connectivity index (χ3n) is 5.95. The second-order valence-corrected chi connectivity index (χ2v) is 8.54. The van der Waals surface area contributed by atoms with Gasteiger partial charge in [0, 0.05) is 28.9 Å². The number of para-hydroxylation sites is 1. The molecule has 0 bridgehead atoms. The number of carbonyl (C=O) groups is 2. The van der Waals surface area contributed by atoms with Crippen LogP contribution in [-0.4, -0.2) is 17.9 Å². The molecular formula is C27H27FN2O2. The van der Waals surface area contributed by atoms with Gasteiger partial charge < -0.3 is 9.80 Å². The average Bonchev–Trinajstić information content (AvgIpc) is 2.80. The number of nitrogens with zero attached hydrogens (tertiary/aromatic N) is 2. The summed E-state index contributed by atoms with van der Waals surface area (Å²) in [5.74, 6) is -0.591. The Kier molecular flexibility index (Phi) is 6.08. The highest BCUT2D eigenvalue weighted by Gasteiger charge is 2.39. The van der Waals surface area contributed by atoms with Gasteiger partial charge in [0.05, 0.1) is 6.04 Å². The molecule has 0 radical (unpaired) electrons. The molecule has 0 spiro atoms. The third-order valence-corrected chi connectivity index (χ3v) is 5.95. The largest absolute Gasteiger partial charge is 0.309 e. The molecule has 5 heteroatoms. The lowest BCUT2D eigenvalue weighted by atomic mass is 9.88. The summed E-state index contributed by atoms with van der Waals surface area (Å²) < 4.78 is 13.7. The number of fused-ring (bicyclic) bond motifs is 1. The topological polar surface area (TPSA) is 40.6 Å². The van der Waals surface area contributed by atoms with Crippen LogP contribution in [0.5, 0.6) is 0 Å². The Morgan fingerprint density at radius 3 is 2.22 bits per heavy atom. The Labute approximate surface area is 188 Å². The van der Waals surface area contributed by atoms with E-state index in [9.17, 15) is 14.0 Å². The zero-order chi connectivity index (χ0) is 22.8. The second kappa shape index (κ2) is 8.95. The minimum absolute atomic E-state index is 0.0612. The lowest BCUT2D eigenvalue weighted by molar-refractivity contribution is -0.122. The first-order chi connectivity index (χ1) is 15.4. The van der Waals surface area contributed by atoms with E-state index in [0.717, 1.165) is 11.3 Å². The molecule has 4 rings (SSSR count). The third kappa shape index (κ3) is 4.03. The summed E-state index contributed by atoms with van der Waals surface area (Å²) in [6.07, 6.45) is 0.575. The quantitative estimate of drug-likeness (QED) is 0.510. The maximum atomic E-state index is 13.7. The molecule has 2 amide bonds. The van der Waals surface area contributed by atoms with Gasteiger partial charge in [-0.2, -0.15) is 0 Å². The summed E-state index contributed by atoms with van der Waals surface area (Å²) in [5, 5.41) is 0. The van der Waals surface area contributed by atoms with Gasteiger partial charge in [0.25, 0.3) is 5.91 Å². The summed E-state index contributed by atoms with van der Waals surface area (Å²) >= 11 is 0. The SMILES string of the molecule is CC(C)C(=O)N1c2ccccc2[C@@H](N(C(=O)c2ccccc2)c2ccc(F)cc2)C[C@@H]1C. The highest BCUT2D eigenvalue weighted by Crippen LogP contribution is 2.43. The molecule has 1 aliphatic heterocycles. The molecule has 164 valence electrons. The molecule has 3 aromatic carbocycles. The van der Waals surface area contributed by atoms with Gasteiger partial charge in [-0.15, -0.1) is 0 Å². The molecule has 0 aromatic heterocycles. The summed E-state index contributed by atoms with van der Waals surface area (Å²) in [6, 6.07) is 22.5. The van der Waals surface area contributed by atoms with Gasteiger partial charge in [0.1, 0.15) is 5.82 Å². The number of hydrogen-bond acceptors (Lipinski definition) is 2. The summed E-state index contributed by atoms with van der Waals surface area (Å²) in [5.41, 5.74) is 2.91.